The zero-order chi connectivity index (χ0) is 16.3. The zero-order valence-electron chi connectivity index (χ0n) is 12.7. The van der Waals surface area contributed by atoms with Crippen LogP contribution in [-0.2, 0) is 23.1 Å². The van der Waals surface area contributed by atoms with Gasteiger partial charge in [0.05, 0.1) is 4.90 Å². The Morgan fingerprint density at radius 3 is 2.61 bits per heavy atom. The molecule has 1 saturated heterocycles. The maximum absolute atomic E-state index is 12.5. The van der Waals surface area contributed by atoms with Gasteiger partial charge in [0.2, 0.25) is 10.0 Å². The molecule has 0 aromatic carbocycles. The summed E-state index contributed by atoms with van der Waals surface area (Å²) in [5.74, 6) is 0. The largest absolute Gasteiger partial charge is 0.314 e. The van der Waals surface area contributed by atoms with Crippen LogP contribution in [0, 0.1) is 0 Å². The maximum Gasteiger partial charge on any atom is 0.250 e. The van der Waals surface area contributed by atoms with Crippen LogP contribution < -0.4 is 5.56 Å². The number of aryl methyl sites for hydroxylation is 2. The number of pyridine rings is 1. The summed E-state index contributed by atoms with van der Waals surface area (Å²) >= 11 is 0. The van der Waals surface area contributed by atoms with Gasteiger partial charge < -0.3 is 4.57 Å². The van der Waals surface area contributed by atoms with Gasteiger partial charge in [-0.25, -0.2) is 13.4 Å². The second kappa shape index (κ2) is 6.63. The summed E-state index contributed by atoms with van der Waals surface area (Å²) in [4.78, 5) is 16.0. The second-order valence-electron chi connectivity index (χ2n) is 5.52. The average Bonchev–Trinajstić information content (AvgIpc) is 3.22. The van der Waals surface area contributed by atoms with E-state index in [1.807, 2.05) is 0 Å². The van der Waals surface area contributed by atoms with E-state index in [1.54, 1.807) is 11.0 Å². The molecule has 1 fully saturated rings. The Hall–Kier alpha value is -2.00. The second-order valence-corrected chi connectivity index (χ2v) is 7.46. The normalized spacial score (nSPS) is 16.0. The third kappa shape index (κ3) is 3.50. The van der Waals surface area contributed by atoms with Gasteiger partial charge in [-0.05, 0) is 25.3 Å². The van der Waals surface area contributed by atoms with Crippen LogP contribution in [0.15, 0.2) is 40.7 Å². The Kier molecular flexibility index (Phi) is 4.58. The molecule has 9 heteroatoms. The van der Waals surface area contributed by atoms with Crippen LogP contribution in [0.5, 0.6) is 0 Å². The van der Waals surface area contributed by atoms with Crippen molar-refractivity contribution < 1.29 is 8.42 Å². The molecule has 124 valence electrons. The van der Waals surface area contributed by atoms with Gasteiger partial charge in [0, 0.05) is 38.4 Å². The minimum absolute atomic E-state index is 0.180. The molecule has 0 radical (unpaired) electrons. The highest BCUT2D eigenvalue weighted by atomic mass is 32.2. The first-order chi connectivity index (χ1) is 11.1. The molecule has 0 bridgehead atoms. The van der Waals surface area contributed by atoms with E-state index in [4.69, 9.17) is 0 Å². The van der Waals surface area contributed by atoms with Crippen molar-refractivity contribution in [3.63, 3.8) is 0 Å². The summed E-state index contributed by atoms with van der Waals surface area (Å²) in [5, 5.41) is 3.99. The average molecular weight is 337 g/mol. The molecule has 8 nitrogen and oxygen atoms in total. The molecule has 0 amide bonds. The minimum atomic E-state index is -3.50. The number of sulfonamides is 1. The molecule has 1 aliphatic heterocycles. The van der Waals surface area contributed by atoms with Crippen LogP contribution in [0.25, 0.3) is 0 Å². The van der Waals surface area contributed by atoms with E-state index in [0.29, 0.717) is 32.6 Å². The van der Waals surface area contributed by atoms with Gasteiger partial charge in [0.25, 0.3) is 5.56 Å². The highest BCUT2D eigenvalue weighted by molar-refractivity contribution is 7.89. The molecule has 0 N–H and O–H groups in total. The number of aromatic nitrogens is 4. The van der Waals surface area contributed by atoms with Crippen LogP contribution in [0.3, 0.4) is 0 Å². The van der Waals surface area contributed by atoms with Crippen molar-refractivity contribution in [1.82, 2.24) is 23.6 Å². The molecule has 2 aromatic rings. The maximum atomic E-state index is 12.5. The van der Waals surface area contributed by atoms with Gasteiger partial charge in [-0.1, -0.05) is 0 Å². The minimum Gasteiger partial charge on any atom is -0.314 e. The topological polar surface area (TPSA) is 90.1 Å². The summed E-state index contributed by atoms with van der Waals surface area (Å²) in [5.41, 5.74) is -0.205. The van der Waals surface area contributed by atoms with E-state index in [9.17, 15) is 13.2 Å². The molecule has 0 unspecified atom stereocenters. The van der Waals surface area contributed by atoms with Gasteiger partial charge in [0.15, 0.2) is 0 Å². The van der Waals surface area contributed by atoms with E-state index in [1.165, 1.54) is 33.5 Å². The summed E-state index contributed by atoms with van der Waals surface area (Å²) < 4.78 is 29.7. The molecule has 2 aromatic heterocycles. The molecule has 3 heterocycles. The van der Waals surface area contributed by atoms with Crippen molar-refractivity contribution in [3.05, 3.63) is 41.3 Å². The lowest BCUT2D eigenvalue weighted by Gasteiger charge is -2.16. The first-order valence-corrected chi connectivity index (χ1v) is 9.04. The van der Waals surface area contributed by atoms with Crippen molar-refractivity contribution in [3.8, 4) is 0 Å². The fourth-order valence-corrected chi connectivity index (χ4v) is 4.20. The van der Waals surface area contributed by atoms with E-state index in [0.717, 1.165) is 12.8 Å². The van der Waals surface area contributed by atoms with Gasteiger partial charge >= 0.3 is 0 Å². The smallest absolute Gasteiger partial charge is 0.250 e. The Balaban J connectivity index is 1.74. The third-order valence-electron chi connectivity index (χ3n) is 3.91. The quantitative estimate of drug-likeness (QED) is 0.757. The summed E-state index contributed by atoms with van der Waals surface area (Å²) in [6, 6.07) is 2.71. The molecule has 0 aliphatic carbocycles. The fourth-order valence-electron chi connectivity index (χ4n) is 2.67. The van der Waals surface area contributed by atoms with Crippen LogP contribution in [0.4, 0.5) is 0 Å². The lowest BCUT2D eigenvalue weighted by Crippen LogP contribution is -2.29. The standard InChI is InChI=1S/C14H19N5O3S/c20-14-5-4-13(23(21,22)19-8-1-2-9-19)10-17(14)6-3-7-18-12-15-11-16-18/h4-5,10-12H,1-3,6-9H2. The molecule has 0 spiro atoms. The van der Waals surface area contributed by atoms with Crippen molar-refractivity contribution in [2.45, 2.75) is 37.2 Å². The Bertz CT molecular complexity index is 807. The van der Waals surface area contributed by atoms with E-state index in [-0.39, 0.29) is 10.5 Å². The Morgan fingerprint density at radius 1 is 1.13 bits per heavy atom. The van der Waals surface area contributed by atoms with Gasteiger partial charge in [0.1, 0.15) is 12.7 Å². The highest BCUT2D eigenvalue weighted by Crippen LogP contribution is 2.19. The monoisotopic (exact) mass is 337 g/mol. The summed E-state index contributed by atoms with van der Waals surface area (Å²) in [6.45, 7) is 2.15. The molecule has 23 heavy (non-hydrogen) atoms. The van der Waals surface area contributed by atoms with E-state index in [2.05, 4.69) is 10.1 Å². The number of rotatable bonds is 6. The van der Waals surface area contributed by atoms with Crippen molar-refractivity contribution in [1.29, 1.82) is 0 Å². The summed E-state index contributed by atoms with van der Waals surface area (Å²) in [7, 11) is -3.50. The molecule has 0 saturated carbocycles. The highest BCUT2D eigenvalue weighted by Gasteiger charge is 2.27. The van der Waals surface area contributed by atoms with Crippen LogP contribution in [0.1, 0.15) is 19.3 Å². The SMILES string of the molecule is O=c1ccc(S(=O)(=O)N2CCCC2)cn1CCCn1cncn1. The number of hydrogen-bond donors (Lipinski definition) is 0. The van der Waals surface area contributed by atoms with Gasteiger partial charge in [-0.2, -0.15) is 9.40 Å². The Morgan fingerprint density at radius 2 is 1.91 bits per heavy atom. The Labute approximate surface area is 134 Å². The molecular formula is C14H19N5O3S. The van der Waals surface area contributed by atoms with E-state index >= 15 is 0 Å². The summed E-state index contributed by atoms with van der Waals surface area (Å²) in [6.07, 6.45) is 6.94. The molecular weight excluding hydrogens is 318 g/mol. The van der Waals surface area contributed by atoms with Crippen molar-refractivity contribution in [2.75, 3.05) is 13.1 Å². The molecule has 1 aliphatic rings. The zero-order valence-corrected chi connectivity index (χ0v) is 13.5. The number of nitrogens with zero attached hydrogens (tertiary/aromatic N) is 5. The van der Waals surface area contributed by atoms with Crippen LogP contribution in [-0.4, -0.2) is 45.1 Å². The predicted molar refractivity (Wildman–Crippen MR) is 83.3 cm³/mol. The lowest BCUT2D eigenvalue weighted by atomic mass is 10.4. The van der Waals surface area contributed by atoms with Crippen LogP contribution >= 0.6 is 0 Å². The van der Waals surface area contributed by atoms with Crippen LogP contribution in [0.2, 0.25) is 0 Å². The van der Waals surface area contributed by atoms with Crippen molar-refractivity contribution >= 4 is 10.0 Å². The van der Waals surface area contributed by atoms with Gasteiger partial charge in [-0.3, -0.25) is 9.48 Å². The fraction of sp³-hybridized carbons (Fsp3) is 0.500. The van der Waals surface area contributed by atoms with E-state index < -0.39 is 10.0 Å². The molecule has 3 rings (SSSR count). The third-order valence-corrected chi connectivity index (χ3v) is 5.79. The molecule has 0 atom stereocenters. The lowest BCUT2D eigenvalue weighted by molar-refractivity contribution is 0.474. The van der Waals surface area contributed by atoms with Gasteiger partial charge in [-0.15, -0.1) is 0 Å². The van der Waals surface area contributed by atoms with Crippen molar-refractivity contribution in [2.24, 2.45) is 0 Å². The predicted octanol–water partition coefficient (Wildman–Crippen LogP) is 0.315. The number of hydrogen-bond acceptors (Lipinski definition) is 5. The first kappa shape index (κ1) is 15.9. The first-order valence-electron chi connectivity index (χ1n) is 7.60.